The summed E-state index contributed by atoms with van der Waals surface area (Å²) in [5.41, 5.74) is 1.95. The van der Waals surface area contributed by atoms with Crippen molar-refractivity contribution in [2.75, 3.05) is 0 Å². The lowest BCUT2D eigenvalue weighted by Crippen LogP contribution is -2.08. The van der Waals surface area contributed by atoms with E-state index >= 15 is 0 Å². The van der Waals surface area contributed by atoms with Crippen molar-refractivity contribution >= 4 is 63.0 Å². The summed E-state index contributed by atoms with van der Waals surface area (Å²) < 4.78 is 2.79. The van der Waals surface area contributed by atoms with Gasteiger partial charge in [-0.05, 0) is 35.4 Å². The van der Waals surface area contributed by atoms with Gasteiger partial charge in [0, 0.05) is 34.0 Å². The van der Waals surface area contributed by atoms with Crippen molar-refractivity contribution in [2.45, 2.75) is 11.8 Å². The summed E-state index contributed by atoms with van der Waals surface area (Å²) in [5.74, 6) is 0. The van der Waals surface area contributed by atoms with Gasteiger partial charge in [0.15, 0.2) is 0 Å². The normalized spacial score (nSPS) is 12.1. The molecule has 0 saturated carbocycles. The van der Waals surface area contributed by atoms with Gasteiger partial charge >= 0.3 is 0 Å². The molecule has 2 nitrogen and oxygen atoms in total. The molecule has 0 bridgehead atoms. The molecule has 25 heavy (non-hydrogen) atoms. The van der Waals surface area contributed by atoms with Crippen molar-refractivity contribution in [3.63, 3.8) is 0 Å². The fourth-order valence-electron chi connectivity index (χ4n) is 2.33. The van der Waals surface area contributed by atoms with E-state index in [2.05, 4.69) is 4.98 Å². The molecular formula is C18H13Cl3N2S2. The van der Waals surface area contributed by atoms with Crippen LogP contribution in [0, 0.1) is 0 Å². The highest BCUT2D eigenvalue weighted by atomic mass is 35.5. The summed E-state index contributed by atoms with van der Waals surface area (Å²) in [6, 6.07) is 13.1. The molecule has 1 aromatic heterocycles. The van der Waals surface area contributed by atoms with Gasteiger partial charge in [-0.3, -0.25) is 0 Å². The highest BCUT2D eigenvalue weighted by Gasteiger charge is 2.19. The third-order valence-electron chi connectivity index (χ3n) is 3.57. The molecule has 1 unspecified atom stereocenters. The topological polar surface area (TPSA) is 17.8 Å². The molecule has 0 spiro atoms. The van der Waals surface area contributed by atoms with Crippen LogP contribution in [0.15, 0.2) is 61.2 Å². The first-order chi connectivity index (χ1) is 12.0. The predicted molar refractivity (Wildman–Crippen MR) is 112 cm³/mol. The monoisotopic (exact) mass is 426 g/mol. The molecule has 0 saturated heterocycles. The number of halogens is 3. The van der Waals surface area contributed by atoms with Gasteiger partial charge in [0.25, 0.3) is 0 Å². The van der Waals surface area contributed by atoms with Crippen LogP contribution in [0.4, 0.5) is 0 Å². The van der Waals surface area contributed by atoms with Gasteiger partial charge in [-0.2, -0.15) is 0 Å². The quantitative estimate of drug-likeness (QED) is 0.422. The standard InChI is InChI=1S/C18H13Cl3N2S2/c19-13-3-1-12(2-4-13)18(24)25-17(10-23-8-7-22-11-23)15-6-5-14(20)9-16(15)21/h1-9,11,17H,10H2. The maximum Gasteiger partial charge on any atom is 0.0946 e. The van der Waals surface area contributed by atoms with Gasteiger partial charge in [0.1, 0.15) is 0 Å². The number of nitrogens with zero attached hydrogens (tertiary/aromatic N) is 2. The second kappa shape index (κ2) is 8.56. The van der Waals surface area contributed by atoms with Crippen LogP contribution in [0.25, 0.3) is 0 Å². The Kier molecular flexibility index (Phi) is 6.42. The van der Waals surface area contributed by atoms with Crippen molar-refractivity contribution in [2.24, 2.45) is 0 Å². The van der Waals surface area contributed by atoms with Crippen molar-refractivity contribution in [3.8, 4) is 0 Å². The minimum atomic E-state index is 0.0298. The number of thiocarbonyl (C=S) groups is 1. The number of hydrogen-bond acceptors (Lipinski definition) is 3. The van der Waals surface area contributed by atoms with Gasteiger partial charge in [-0.1, -0.05) is 65.2 Å². The highest BCUT2D eigenvalue weighted by molar-refractivity contribution is 8.23. The van der Waals surface area contributed by atoms with Crippen LogP contribution < -0.4 is 0 Å². The Morgan fingerprint density at radius 1 is 1.08 bits per heavy atom. The van der Waals surface area contributed by atoms with Crippen LogP contribution in [0.2, 0.25) is 15.1 Å². The molecule has 3 aromatic rings. The molecule has 128 valence electrons. The maximum atomic E-state index is 6.43. The third-order valence-corrected chi connectivity index (χ3v) is 6.05. The minimum absolute atomic E-state index is 0.0298. The van der Waals surface area contributed by atoms with E-state index in [9.17, 15) is 0 Å². The van der Waals surface area contributed by atoms with Crippen LogP contribution in [0.3, 0.4) is 0 Å². The van der Waals surface area contributed by atoms with E-state index in [1.165, 1.54) is 0 Å². The van der Waals surface area contributed by atoms with Gasteiger partial charge in [0.05, 0.1) is 15.8 Å². The first-order valence-corrected chi connectivity index (χ1v) is 9.82. The van der Waals surface area contributed by atoms with Gasteiger partial charge in [-0.25, -0.2) is 4.98 Å². The molecule has 0 aliphatic carbocycles. The first kappa shape index (κ1) is 18.7. The minimum Gasteiger partial charge on any atom is -0.336 e. The van der Waals surface area contributed by atoms with Crippen LogP contribution in [-0.2, 0) is 6.54 Å². The average molecular weight is 428 g/mol. The lowest BCUT2D eigenvalue weighted by atomic mass is 10.1. The number of rotatable bonds is 5. The summed E-state index contributed by atoms with van der Waals surface area (Å²) in [4.78, 5) is 4.10. The van der Waals surface area contributed by atoms with Crippen molar-refractivity contribution in [1.29, 1.82) is 0 Å². The Balaban J connectivity index is 1.87. The number of hydrogen-bond donors (Lipinski definition) is 0. The zero-order chi connectivity index (χ0) is 17.8. The number of imidazole rings is 1. The fraction of sp³-hybridized carbons (Fsp3) is 0.111. The molecule has 0 amide bonds. The summed E-state index contributed by atoms with van der Waals surface area (Å²) >= 11 is 25.6. The van der Waals surface area contributed by atoms with Crippen LogP contribution in [0.1, 0.15) is 16.4 Å². The summed E-state index contributed by atoms with van der Waals surface area (Å²) in [6.07, 6.45) is 5.45. The van der Waals surface area contributed by atoms with Gasteiger partial charge in [-0.15, -0.1) is 11.8 Å². The Hall–Kier alpha value is -1.04. The van der Waals surface area contributed by atoms with Gasteiger partial charge < -0.3 is 4.57 Å². The van der Waals surface area contributed by atoms with E-state index in [1.54, 1.807) is 30.4 Å². The number of aromatic nitrogens is 2. The van der Waals surface area contributed by atoms with E-state index in [4.69, 9.17) is 47.0 Å². The van der Waals surface area contributed by atoms with Crippen LogP contribution in [0.5, 0.6) is 0 Å². The molecule has 1 heterocycles. The lowest BCUT2D eigenvalue weighted by molar-refractivity contribution is 0.685. The smallest absolute Gasteiger partial charge is 0.0946 e. The zero-order valence-electron chi connectivity index (χ0n) is 12.9. The summed E-state index contributed by atoms with van der Waals surface area (Å²) in [6.45, 7) is 0.694. The lowest BCUT2D eigenvalue weighted by Gasteiger charge is -2.19. The highest BCUT2D eigenvalue weighted by Crippen LogP contribution is 2.38. The summed E-state index contributed by atoms with van der Waals surface area (Å²) in [7, 11) is 0. The van der Waals surface area contributed by atoms with E-state index in [0.717, 1.165) is 15.3 Å². The second-order valence-electron chi connectivity index (χ2n) is 5.33. The average Bonchev–Trinajstić information content (AvgIpc) is 3.08. The van der Waals surface area contributed by atoms with Crippen LogP contribution in [-0.4, -0.2) is 13.7 Å². The maximum absolute atomic E-state index is 6.43. The predicted octanol–water partition coefficient (Wildman–Crippen LogP) is 6.69. The van der Waals surface area contributed by atoms with Crippen molar-refractivity contribution < 1.29 is 0 Å². The molecule has 0 aliphatic rings. The number of benzene rings is 2. The van der Waals surface area contributed by atoms with Gasteiger partial charge in [0.2, 0.25) is 0 Å². The van der Waals surface area contributed by atoms with E-state index in [1.807, 2.05) is 47.2 Å². The fourth-order valence-corrected chi connectivity index (χ4v) is 4.66. The van der Waals surface area contributed by atoms with E-state index in [-0.39, 0.29) is 5.25 Å². The molecule has 0 N–H and O–H groups in total. The zero-order valence-corrected chi connectivity index (χ0v) is 16.8. The number of thioether (sulfide) groups is 1. The van der Waals surface area contributed by atoms with Crippen molar-refractivity contribution in [3.05, 3.63) is 87.4 Å². The third kappa shape index (κ3) is 4.99. The van der Waals surface area contributed by atoms with E-state index < -0.39 is 0 Å². The SMILES string of the molecule is S=C(SC(Cn1ccnc1)c1ccc(Cl)cc1Cl)c1ccc(Cl)cc1. The molecule has 3 rings (SSSR count). The molecule has 7 heteroatoms. The molecule has 0 aliphatic heterocycles. The molecule has 2 aromatic carbocycles. The second-order valence-corrected chi connectivity index (χ2v) is 8.49. The van der Waals surface area contributed by atoms with Crippen molar-refractivity contribution in [1.82, 2.24) is 9.55 Å². The molecular weight excluding hydrogens is 415 g/mol. The Bertz CT molecular complexity index is 865. The molecule has 0 radical (unpaired) electrons. The Morgan fingerprint density at radius 2 is 1.80 bits per heavy atom. The Labute approximate surface area is 171 Å². The first-order valence-electron chi connectivity index (χ1n) is 7.40. The van der Waals surface area contributed by atoms with E-state index in [0.29, 0.717) is 21.6 Å². The Morgan fingerprint density at radius 3 is 2.44 bits per heavy atom. The molecule has 1 atom stereocenters. The summed E-state index contributed by atoms with van der Waals surface area (Å²) in [5, 5.41) is 1.96. The van der Waals surface area contributed by atoms with Crippen LogP contribution >= 0.6 is 58.8 Å². The largest absolute Gasteiger partial charge is 0.336 e. The molecule has 0 fully saturated rings.